The van der Waals surface area contributed by atoms with E-state index in [9.17, 15) is 5.11 Å². The molecule has 160 valence electrons. The van der Waals surface area contributed by atoms with E-state index in [-0.39, 0.29) is 19.1 Å². The summed E-state index contributed by atoms with van der Waals surface area (Å²) in [5.41, 5.74) is 7.61. The van der Waals surface area contributed by atoms with Crippen LogP contribution in [0.5, 0.6) is 11.5 Å². The van der Waals surface area contributed by atoms with Gasteiger partial charge in [-0.3, -0.25) is 0 Å². The second-order valence-electron chi connectivity index (χ2n) is 6.51. The summed E-state index contributed by atoms with van der Waals surface area (Å²) < 4.78 is 17.2. The van der Waals surface area contributed by atoms with E-state index in [2.05, 4.69) is 16.9 Å². The van der Waals surface area contributed by atoms with Crippen LogP contribution in [0.4, 0.5) is 0 Å². The maximum atomic E-state index is 9.64. The molecule has 0 heterocycles. The molecule has 30 heavy (non-hydrogen) atoms. The highest BCUT2D eigenvalue weighted by molar-refractivity contribution is 5.91. The average molecular weight is 412 g/mol. The van der Waals surface area contributed by atoms with Gasteiger partial charge in [0.25, 0.3) is 0 Å². The number of hydrogen-bond acceptors (Lipinski definition) is 6. The highest BCUT2D eigenvalue weighted by Crippen LogP contribution is 2.26. The van der Waals surface area contributed by atoms with E-state index in [4.69, 9.17) is 19.9 Å². The molecule has 0 saturated heterocycles. The lowest BCUT2D eigenvalue weighted by Crippen LogP contribution is -2.11. The number of aliphatic imine (C=N–C) groups is 1. The number of hydrogen-bond donors (Lipinski definition) is 3. The van der Waals surface area contributed by atoms with Crippen LogP contribution < -0.4 is 20.5 Å². The van der Waals surface area contributed by atoms with Crippen LogP contribution in [0.2, 0.25) is 0 Å². The molecule has 0 saturated carbocycles. The first-order valence-corrected chi connectivity index (χ1v) is 9.55. The van der Waals surface area contributed by atoms with Crippen molar-refractivity contribution in [1.29, 1.82) is 0 Å². The molecule has 0 bridgehead atoms. The number of aliphatic hydroxyl groups is 1. The van der Waals surface area contributed by atoms with Gasteiger partial charge in [-0.05, 0) is 42.5 Å². The number of amidine groups is 1. The van der Waals surface area contributed by atoms with Crippen molar-refractivity contribution in [3.8, 4) is 11.5 Å². The first-order valence-electron chi connectivity index (χ1n) is 9.55. The molecule has 0 fully saturated rings. The zero-order valence-corrected chi connectivity index (χ0v) is 17.4. The van der Waals surface area contributed by atoms with E-state index in [0.717, 1.165) is 11.1 Å². The van der Waals surface area contributed by atoms with Crippen LogP contribution in [0.3, 0.4) is 0 Å². The Kier molecular flexibility index (Phi) is 9.44. The summed E-state index contributed by atoms with van der Waals surface area (Å²) in [4.78, 5) is 4.10. The summed E-state index contributed by atoms with van der Waals surface area (Å²) in [5.74, 6) is 1.73. The maximum Gasteiger partial charge on any atom is 0.140 e. The minimum atomic E-state index is -0.790. The van der Waals surface area contributed by atoms with E-state index in [1.165, 1.54) is 0 Å². The molecule has 0 aliphatic rings. The Morgan fingerprint density at radius 2 is 1.90 bits per heavy atom. The summed E-state index contributed by atoms with van der Waals surface area (Å²) in [7, 11) is 1.78. The fourth-order valence-electron chi connectivity index (χ4n) is 2.34. The van der Waals surface area contributed by atoms with Crippen LogP contribution in [-0.4, -0.2) is 30.8 Å². The molecule has 0 aliphatic carbocycles. The Morgan fingerprint density at radius 1 is 1.17 bits per heavy atom. The molecule has 0 aliphatic heterocycles. The van der Waals surface area contributed by atoms with Crippen molar-refractivity contribution in [3.05, 3.63) is 84.3 Å². The number of ether oxygens (including phenoxy) is 3. The molecule has 4 N–H and O–H groups in total. The number of nitrogens with one attached hydrogen (secondary N) is 1. The smallest absolute Gasteiger partial charge is 0.140 e. The molecular formula is C23H29N3O4. The quantitative estimate of drug-likeness (QED) is 0.215. The summed E-state index contributed by atoms with van der Waals surface area (Å²) in [5, 5.41) is 12.5. The third-order valence-electron chi connectivity index (χ3n) is 3.93. The topological polar surface area (TPSA) is 98.3 Å². The molecule has 0 aromatic heterocycles. The van der Waals surface area contributed by atoms with Gasteiger partial charge < -0.3 is 30.4 Å². The van der Waals surface area contributed by atoms with Crippen molar-refractivity contribution >= 4 is 5.84 Å². The Morgan fingerprint density at radius 3 is 2.60 bits per heavy atom. The van der Waals surface area contributed by atoms with Crippen molar-refractivity contribution < 1.29 is 19.3 Å². The van der Waals surface area contributed by atoms with Gasteiger partial charge in [-0.25, -0.2) is 4.99 Å². The van der Waals surface area contributed by atoms with Crippen LogP contribution in [-0.2, 0) is 18.0 Å². The molecule has 7 nitrogen and oxygen atoms in total. The first kappa shape index (κ1) is 23.0. The van der Waals surface area contributed by atoms with Crippen LogP contribution >= 0.6 is 0 Å². The fraction of sp³-hybridized carbons (Fsp3) is 0.261. The Hall–Kier alpha value is -3.29. The van der Waals surface area contributed by atoms with Crippen molar-refractivity contribution in [3.63, 3.8) is 0 Å². The highest BCUT2D eigenvalue weighted by Gasteiger charge is 2.09. The van der Waals surface area contributed by atoms with Gasteiger partial charge in [-0.15, -0.1) is 0 Å². The molecule has 0 amide bonds. The SMILES string of the molecule is C=C(Oc1cc(COC/N=C(N)\C=C/NC)cc(OCc2ccccc2)c1)[C@H](C)O. The molecule has 7 heteroatoms. The third-order valence-corrected chi connectivity index (χ3v) is 3.93. The summed E-state index contributed by atoms with van der Waals surface area (Å²) in [6.45, 7) is 6.14. The minimum absolute atomic E-state index is 0.117. The van der Waals surface area contributed by atoms with Crippen molar-refractivity contribution in [2.45, 2.75) is 26.2 Å². The third kappa shape index (κ3) is 8.38. The average Bonchev–Trinajstić information content (AvgIpc) is 2.74. The van der Waals surface area contributed by atoms with Crippen molar-refractivity contribution in [2.75, 3.05) is 13.8 Å². The fourth-order valence-corrected chi connectivity index (χ4v) is 2.34. The molecule has 2 aromatic rings. The molecule has 2 rings (SSSR count). The van der Waals surface area contributed by atoms with Gasteiger partial charge in [-0.1, -0.05) is 36.9 Å². The first-order chi connectivity index (χ1) is 14.5. The van der Waals surface area contributed by atoms with E-state index < -0.39 is 6.10 Å². The predicted octanol–water partition coefficient (Wildman–Crippen LogP) is 3.10. The Balaban J connectivity index is 2.06. The van der Waals surface area contributed by atoms with E-state index in [1.807, 2.05) is 36.4 Å². The van der Waals surface area contributed by atoms with Gasteiger partial charge in [0, 0.05) is 13.1 Å². The van der Waals surface area contributed by atoms with E-state index in [0.29, 0.717) is 23.9 Å². The molecule has 1 atom stereocenters. The van der Waals surface area contributed by atoms with E-state index >= 15 is 0 Å². The molecule has 2 aromatic carbocycles. The van der Waals surface area contributed by atoms with Gasteiger partial charge in [0.05, 0.1) is 6.61 Å². The van der Waals surface area contributed by atoms with Crippen LogP contribution in [0.1, 0.15) is 18.1 Å². The summed E-state index contributed by atoms with van der Waals surface area (Å²) in [6, 6.07) is 15.3. The molecule has 0 unspecified atom stereocenters. The Bertz CT molecular complexity index is 864. The number of benzene rings is 2. The van der Waals surface area contributed by atoms with Crippen LogP contribution in [0.15, 0.2) is 78.1 Å². The summed E-state index contributed by atoms with van der Waals surface area (Å²) >= 11 is 0. The van der Waals surface area contributed by atoms with Crippen LogP contribution in [0.25, 0.3) is 0 Å². The Labute approximate surface area is 177 Å². The predicted molar refractivity (Wildman–Crippen MR) is 118 cm³/mol. The number of nitrogens with two attached hydrogens (primary N) is 1. The summed E-state index contributed by atoms with van der Waals surface area (Å²) in [6.07, 6.45) is 2.54. The van der Waals surface area contributed by atoms with Crippen LogP contribution in [0, 0.1) is 0 Å². The lowest BCUT2D eigenvalue weighted by molar-refractivity contribution is 0.128. The van der Waals surface area contributed by atoms with Crippen molar-refractivity contribution in [1.82, 2.24) is 5.32 Å². The van der Waals surface area contributed by atoms with E-state index in [1.54, 1.807) is 38.4 Å². The lowest BCUT2D eigenvalue weighted by Gasteiger charge is -2.14. The van der Waals surface area contributed by atoms with Gasteiger partial charge in [0.15, 0.2) is 0 Å². The molecular weight excluding hydrogens is 382 g/mol. The normalized spacial score (nSPS) is 12.6. The number of aliphatic hydroxyl groups excluding tert-OH is 1. The van der Waals surface area contributed by atoms with Gasteiger partial charge in [-0.2, -0.15) is 0 Å². The zero-order valence-electron chi connectivity index (χ0n) is 17.4. The monoisotopic (exact) mass is 411 g/mol. The van der Waals surface area contributed by atoms with Gasteiger partial charge in [0.1, 0.15) is 42.5 Å². The zero-order chi connectivity index (χ0) is 21.8. The van der Waals surface area contributed by atoms with Gasteiger partial charge >= 0.3 is 0 Å². The molecule has 0 radical (unpaired) electrons. The largest absolute Gasteiger partial charge is 0.489 e. The standard InChI is InChI=1S/C23H29N3O4/c1-17(27)18(2)30-22-12-20(14-28-16-26-23(24)9-10-25-3)11-21(13-22)29-15-19-7-5-4-6-8-19/h4-13,17,25,27H,2,14-16H2,1,3H3,(H2,24,26)/b10-9-/t17-/m0/s1. The van der Waals surface area contributed by atoms with Crippen molar-refractivity contribution in [2.24, 2.45) is 10.7 Å². The highest BCUT2D eigenvalue weighted by atomic mass is 16.5. The number of rotatable bonds is 12. The molecule has 0 spiro atoms. The lowest BCUT2D eigenvalue weighted by atomic mass is 10.2. The second kappa shape index (κ2) is 12.3. The maximum absolute atomic E-state index is 9.64. The number of nitrogens with zero attached hydrogens (tertiary/aromatic N) is 1. The second-order valence-corrected chi connectivity index (χ2v) is 6.51. The van der Waals surface area contributed by atoms with Gasteiger partial charge in [0.2, 0.25) is 0 Å². The minimum Gasteiger partial charge on any atom is -0.489 e.